The van der Waals surface area contributed by atoms with E-state index in [1.807, 2.05) is 6.92 Å². The van der Waals surface area contributed by atoms with Crippen molar-refractivity contribution < 1.29 is 4.79 Å². The Labute approximate surface area is 178 Å². The fourth-order valence-corrected chi connectivity index (χ4v) is 5.88. The van der Waals surface area contributed by atoms with Gasteiger partial charge in [0.25, 0.3) is 5.91 Å². The van der Waals surface area contributed by atoms with Crippen LogP contribution in [0, 0.1) is 6.92 Å². The number of benzene rings is 1. The Balaban J connectivity index is 1.43. The van der Waals surface area contributed by atoms with Gasteiger partial charge in [-0.1, -0.05) is 44.0 Å². The van der Waals surface area contributed by atoms with Gasteiger partial charge in [0.05, 0.1) is 5.69 Å². The van der Waals surface area contributed by atoms with Crippen molar-refractivity contribution in [1.82, 2.24) is 14.8 Å². The van der Waals surface area contributed by atoms with Crippen LogP contribution in [-0.4, -0.2) is 52.9 Å². The Hall–Kier alpha value is -1.72. The lowest BCUT2D eigenvalue weighted by Crippen LogP contribution is -2.47. The average Bonchev–Trinajstić information content (AvgIpc) is 2.96. The van der Waals surface area contributed by atoms with Crippen molar-refractivity contribution in [2.24, 2.45) is 0 Å². The minimum atomic E-state index is 0.176. The summed E-state index contributed by atoms with van der Waals surface area (Å²) in [7, 11) is 0. The monoisotopic (exact) mass is 411 g/mol. The molecule has 1 amide bonds. The summed E-state index contributed by atoms with van der Waals surface area (Å²) in [5.74, 6) is 0.176. The van der Waals surface area contributed by atoms with Crippen molar-refractivity contribution in [3.8, 4) is 10.6 Å². The number of rotatable bonds is 4. The molecule has 3 heterocycles. The molecule has 2 saturated heterocycles. The van der Waals surface area contributed by atoms with Crippen molar-refractivity contribution in [1.29, 1.82) is 0 Å². The molecule has 2 aliphatic heterocycles. The molecule has 4 rings (SSSR count). The maximum Gasteiger partial charge on any atom is 0.265 e. The molecule has 0 spiro atoms. The summed E-state index contributed by atoms with van der Waals surface area (Å²) in [6, 6.07) is 9.06. The van der Waals surface area contributed by atoms with Crippen LogP contribution >= 0.6 is 11.3 Å². The summed E-state index contributed by atoms with van der Waals surface area (Å²) in [6.07, 6.45) is 8.61. The molecule has 4 nitrogen and oxygen atoms in total. The predicted molar refractivity (Wildman–Crippen MR) is 121 cm³/mol. The van der Waals surface area contributed by atoms with Crippen molar-refractivity contribution in [2.45, 2.75) is 64.8 Å². The van der Waals surface area contributed by atoms with Crippen LogP contribution in [0.5, 0.6) is 0 Å². The number of aromatic nitrogens is 1. The average molecular weight is 412 g/mol. The molecule has 156 valence electrons. The predicted octanol–water partition coefficient (Wildman–Crippen LogP) is 5.16. The minimum absolute atomic E-state index is 0.176. The first-order valence-corrected chi connectivity index (χ1v) is 12.1. The number of hydrogen-bond donors (Lipinski definition) is 0. The largest absolute Gasteiger partial charge is 0.338 e. The van der Waals surface area contributed by atoms with E-state index in [1.54, 1.807) is 11.3 Å². The fourth-order valence-electron chi connectivity index (χ4n) is 4.79. The third-order valence-electron chi connectivity index (χ3n) is 6.53. The van der Waals surface area contributed by atoms with Gasteiger partial charge in [-0.2, -0.15) is 0 Å². The lowest BCUT2D eigenvalue weighted by Gasteiger charge is -2.38. The Morgan fingerprint density at radius 1 is 1.07 bits per heavy atom. The molecule has 29 heavy (non-hydrogen) atoms. The number of piperidine rings is 1. The van der Waals surface area contributed by atoms with Gasteiger partial charge in [0.2, 0.25) is 0 Å². The van der Waals surface area contributed by atoms with Gasteiger partial charge < -0.3 is 9.80 Å². The van der Waals surface area contributed by atoms with Crippen LogP contribution < -0.4 is 0 Å². The van der Waals surface area contributed by atoms with E-state index in [0.717, 1.165) is 47.9 Å². The van der Waals surface area contributed by atoms with E-state index >= 15 is 0 Å². The highest BCUT2D eigenvalue weighted by Crippen LogP contribution is 2.32. The van der Waals surface area contributed by atoms with E-state index in [4.69, 9.17) is 4.98 Å². The standard InChI is InChI=1S/C24H33N3OS/c1-3-19-10-6-7-11-21(19)23-25-18(2)22(29-23)24(28)27-16-12-20(13-17-27)26-14-8-4-5-9-15-26/h6-7,10-11,20H,3-5,8-9,12-17H2,1-2H3. The number of amides is 1. The molecule has 2 aliphatic rings. The summed E-state index contributed by atoms with van der Waals surface area (Å²) in [4.78, 5) is 23.6. The van der Waals surface area contributed by atoms with Gasteiger partial charge >= 0.3 is 0 Å². The maximum absolute atomic E-state index is 13.2. The molecule has 2 aromatic rings. The van der Waals surface area contributed by atoms with Crippen LogP contribution in [0.2, 0.25) is 0 Å². The van der Waals surface area contributed by atoms with Crippen LogP contribution in [0.3, 0.4) is 0 Å². The Morgan fingerprint density at radius 3 is 2.45 bits per heavy atom. The number of nitrogens with zero attached hydrogens (tertiary/aromatic N) is 3. The zero-order chi connectivity index (χ0) is 20.2. The molecule has 0 saturated carbocycles. The fraction of sp³-hybridized carbons (Fsp3) is 0.583. The van der Waals surface area contributed by atoms with Crippen LogP contribution in [-0.2, 0) is 6.42 Å². The third-order valence-corrected chi connectivity index (χ3v) is 7.71. The molecular weight excluding hydrogens is 378 g/mol. The van der Waals surface area contributed by atoms with E-state index in [9.17, 15) is 4.79 Å². The number of hydrogen-bond acceptors (Lipinski definition) is 4. The van der Waals surface area contributed by atoms with E-state index in [2.05, 4.69) is 41.0 Å². The second-order valence-electron chi connectivity index (χ2n) is 8.42. The highest BCUT2D eigenvalue weighted by atomic mass is 32.1. The lowest BCUT2D eigenvalue weighted by atomic mass is 10.0. The van der Waals surface area contributed by atoms with Gasteiger partial charge in [-0.05, 0) is 57.7 Å². The van der Waals surface area contributed by atoms with E-state index < -0.39 is 0 Å². The van der Waals surface area contributed by atoms with Gasteiger partial charge in [0, 0.05) is 24.7 Å². The molecule has 1 aromatic carbocycles. The maximum atomic E-state index is 13.2. The summed E-state index contributed by atoms with van der Waals surface area (Å²) in [5.41, 5.74) is 3.33. The number of carbonyl (C=O) groups excluding carboxylic acids is 1. The first kappa shape index (κ1) is 20.5. The lowest BCUT2D eigenvalue weighted by molar-refractivity contribution is 0.0626. The molecule has 0 radical (unpaired) electrons. The highest BCUT2D eigenvalue weighted by molar-refractivity contribution is 7.17. The number of thiazole rings is 1. The molecular formula is C24H33N3OS. The van der Waals surface area contributed by atoms with Crippen LogP contribution in [0.25, 0.3) is 10.6 Å². The Morgan fingerprint density at radius 2 is 1.76 bits per heavy atom. The van der Waals surface area contributed by atoms with Gasteiger partial charge in [-0.15, -0.1) is 11.3 Å². The molecule has 0 aliphatic carbocycles. The first-order chi connectivity index (χ1) is 14.2. The quantitative estimate of drug-likeness (QED) is 0.697. The normalized spacial score (nSPS) is 19.3. The topological polar surface area (TPSA) is 36.4 Å². The number of likely N-dealkylation sites (tertiary alicyclic amines) is 2. The van der Waals surface area contributed by atoms with E-state index in [-0.39, 0.29) is 5.91 Å². The van der Waals surface area contributed by atoms with E-state index in [0.29, 0.717) is 6.04 Å². The SMILES string of the molecule is CCc1ccccc1-c1nc(C)c(C(=O)N2CCC(N3CCCCCC3)CC2)s1. The molecule has 5 heteroatoms. The highest BCUT2D eigenvalue weighted by Gasteiger charge is 2.29. The molecule has 1 aromatic heterocycles. The molecule has 0 N–H and O–H groups in total. The van der Waals surface area contributed by atoms with Gasteiger partial charge in [-0.3, -0.25) is 4.79 Å². The van der Waals surface area contributed by atoms with Gasteiger partial charge in [0.15, 0.2) is 0 Å². The number of aryl methyl sites for hydroxylation is 2. The van der Waals surface area contributed by atoms with Crippen LogP contribution in [0.15, 0.2) is 24.3 Å². The zero-order valence-electron chi connectivity index (χ0n) is 17.8. The smallest absolute Gasteiger partial charge is 0.265 e. The van der Waals surface area contributed by atoms with Crippen LogP contribution in [0.1, 0.15) is 66.4 Å². The number of carbonyl (C=O) groups is 1. The Kier molecular flexibility index (Phi) is 6.66. The summed E-state index contributed by atoms with van der Waals surface area (Å²) in [6.45, 7) is 8.38. The molecule has 2 fully saturated rings. The van der Waals surface area contributed by atoms with Crippen molar-refractivity contribution in [3.05, 3.63) is 40.4 Å². The van der Waals surface area contributed by atoms with Crippen molar-refractivity contribution >= 4 is 17.2 Å². The second-order valence-corrected chi connectivity index (χ2v) is 9.42. The van der Waals surface area contributed by atoms with Gasteiger partial charge in [0.1, 0.15) is 9.88 Å². The van der Waals surface area contributed by atoms with Crippen LogP contribution in [0.4, 0.5) is 0 Å². The molecule has 0 atom stereocenters. The summed E-state index contributed by atoms with van der Waals surface area (Å²) in [5, 5.41) is 0.975. The third kappa shape index (κ3) is 4.56. The van der Waals surface area contributed by atoms with Crippen molar-refractivity contribution in [3.63, 3.8) is 0 Å². The summed E-state index contributed by atoms with van der Waals surface area (Å²) >= 11 is 1.56. The first-order valence-electron chi connectivity index (χ1n) is 11.3. The minimum Gasteiger partial charge on any atom is -0.338 e. The van der Waals surface area contributed by atoms with Gasteiger partial charge in [-0.25, -0.2) is 4.98 Å². The Bertz CT molecular complexity index is 830. The zero-order valence-corrected chi connectivity index (χ0v) is 18.6. The molecule has 0 bridgehead atoms. The molecule has 0 unspecified atom stereocenters. The van der Waals surface area contributed by atoms with E-state index in [1.165, 1.54) is 49.9 Å². The van der Waals surface area contributed by atoms with Crippen molar-refractivity contribution in [2.75, 3.05) is 26.2 Å². The second kappa shape index (κ2) is 9.40. The summed E-state index contributed by atoms with van der Waals surface area (Å²) < 4.78 is 0.